The highest BCUT2D eigenvalue weighted by molar-refractivity contribution is 5.81. The molecule has 1 aliphatic rings. The summed E-state index contributed by atoms with van der Waals surface area (Å²) in [5.41, 5.74) is -0.635. The molecule has 1 fully saturated rings. The van der Waals surface area contributed by atoms with Gasteiger partial charge in [-0.2, -0.15) is 0 Å². The number of nitrogens with one attached hydrogen (secondary N) is 2. The van der Waals surface area contributed by atoms with E-state index in [0.29, 0.717) is 24.9 Å². The zero-order valence-electron chi connectivity index (χ0n) is 12.8. The third kappa shape index (κ3) is 5.91. The third-order valence-electron chi connectivity index (χ3n) is 3.88. The first kappa shape index (κ1) is 16.4. The van der Waals surface area contributed by atoms with Crippen molar-refractivity contribution in [1.82, 2.24) is 10.6 Å². The number of carbonyl (C=O) groups is 1. The fraction of sp³-hybridized carbons (Fsp3) is 0.933. The van der Waals surface area contributed by atoms with Gasteiger partial charge in [0.1, 0.15) is 0 Å². The van der Waals surface area contributed by atoms with Gasteiger partial charge in [0.25, 0.3) is 0 Å². The number of amides is 1. The molecule has 3 N–H and O–H groups in total. The second-order valence-corrected chi connectivity index (χ2v) is 6.67. The van der Waals surface area contributed by atoms with Gasteiger partial charge in [0.05, 0.1) is 11.6 Å². The number of hydrogen-bond donors (Lipinski definition) is 3. The number of carbonyl (C=O) groups excluding carboxylic acids is 1. The van der Waals surface area contributed by atoms with Gasteiger partial charge < -0.3 is 15.7 Å². The number of aliphatic hydroxyl groups is 1. The van der Waals surface area contributed by atoms with Crippen LogP contribution >= 0.6 is 0 Å². The molecular weight excluding hydrogens is 240 g/mol. The smallest absolute Gasteiger partial charge is 0.236 e. The third-order valence-corrected chi connectivity index (χ3v) is 3.88. The van der Waals surface area contributed by atoms with Crippen LogP contribution in [-0.2, 0) is 4.79 Å². The fourth-order valence-electron chi connectivity index (χ4n) is 2.69. The van der Waals surface area contributed by atoms with Crippen LogP contribution in [0.3, 0.4) is 0 Å². The van der Waals surface area contributed by atoms with Crippen molar-refractivity contribution < 1.29 is 9.90 Å². The largest absolute Gasteiger partial charge is 0.389 e. The van der Waals surface area contributed by atoms with Crippen LogP contribution < -0.4 is 10.6 Å². The monoisotopic (exact) mass is 270 g/mol. The van der Waals surface area contributed by atoms with Gasteiger partial charge in [-0.3, -0.25) is 4.79 Å². The summed E-state index contributed by atoms with van der Waals surface area (Å²) in [6, 6.07) is -0.250. The van der Waals surface area contributed by atoms with Gasteiger partial charge in [0, 0.05) is 13.1 Å². The van der Waals surface area contributed by atoms with E-state index in [-0.39, 0.29) is 11.9 Å². The first-order valence-electron chi connectivity index (χ1n) is 7.56. The first-order chi connectivity index (χ1) is 8.82. The molecule has 0 saturated heterocycles. The molecule has 0 aromatic rings. The molecular formula is C15H30N2O2. The zero-order chi connectivity index (χ0) is 14.5. The molecule has 3 atom stereocenters. The summed E-state index contributed by atoms with van der Waals surface area (Å²) in [5.74, 6) is 1.05. The highest BCUT2D eigenvalue weighted by Crippen LogP contribution is 2.31. The number of rotatable bonds is 6. The van der Waals surface area contributed by atoms with Crippen LogP contribution in [0.15, 0.2) is 0 Å². The number of hydrogen-bond acceptors (Lipinski definition) is 3. The summed E-state index contributed by atoms with van der Waals surface area (Å²) in [7, 11) is 0. The van der Waals surface area contributed by atoms with Crippen molar-refractivity contribution in [2.75, 3.05) is 13.1 Å². The summed E-state index contributed by atoms with van der Waals surface area (Å²) in [4.78, 5) is 11.8. The molecule has 0 radical (unpaired) electrons. The second kappa shape index (κ2) is 7.25. The average molecular weight is 270 g/mol. The highest BCUT2D eigenvalue weighted by Gasteiger charge is 2.33. The molecule has 0 bridgehead atoms. The molecule has 19 heavy (non-hydrogen) atoms. The van der Waals surface area contributed by atoms with Crippen LogP contribution in [0, 0.1) is 11.8 Å². The lowest BCUT2D eigenvalue weighted by Crippen LogP contribution is -2.50. The van der Waals surface area contributed by atoms with Crippen LogP contribution in [0.2, 0.25) is 0 Å². The van der Waals surface area contributed by atoms with Gasteiger partial charge in [-0.1, -0.05) is 33.6 Å². The Kier molecular flexibility index (Phi) is 6.27. The van der Waals surface area contributed by atoms with E-state index in [1.165, 1.54) is 6.42 Å². The second-order valence-electron chi connectivity index (χ2n) is 6.67. The maximum absolute atomic E-state index is 11.8. The van der Waals surface area contributed by atoms with Crippen LogP contribution in [0.4, 0.5) is 0 Å². The van der Waals surface area contributed by atoms with Crippen molar-refractivity contribution in [2.24, 2.45) is 11.8 Å². The highest BCUT2D eigenvalue weighted by atomic mass is 16.3. The molecule has 1 rings (SSSR count). The Hall–Kier alpha value is -0.610. The van der Waals surface area contributed by atoms with Crippen LogP contribution in [-0.4, -0.2) is 35.7 Å². The lowest BCUT2D eigenvalue weighted by Gasteiger charge is -2.36. The summed E-state index contributed by atoms with van der Waals surface area (Å²) >= 11 is 0. The Labute approximate surface area is 117 Å². The molecule has 0 heterocycles. The van der Waals surface area contributed by atoms with E-state index < -0.39 is 5.60 Å². The van der Waals surface area contributed by atoms with E-state index >= 15 is 0 Å². The van der Waals surface area contributed by atoms with E-state index in [0.717, 1.165) is 19.3 Å². The van der Waals surface area contributed by atoms with Gasteiger partial charge >= 0.3 is 0 Å². The van der Waals surface area contributed by atoms with E-state index in [9.17, 15) is 9.90 Å². The normalized spacial score (nSPS) is 29.3. The van der Waals surface area contributed by atoms with Gasteiger partial charge in [-0.15, -0.1) is 0 Å². The van der Waals surface area contributed by atoms with Crippen molar-refractivity contribution in [3.63, 3.8) is 0 Å². The Morgan fingerprint density at radius 2 is 2.11 bits per heavy atom. The molecule has 4 heteroatoms. The molecule has 1 saturated carbocycles. The minimum absolute atomic E-state index is 0.0150. The van der Waals surface area contributed by atoms with Crippen LogP contribution in [0.25, 0.3) is 0 Å². The predicted molar refractivity (Wildman–Crippen MR) is 77.9 cm³/mol. The summed E-state index contributed by atoms with van der Waals surface area (Å²) < 4.78 is 0. The van der Waals surface area contributed by atoms with E-state index in [1.807, 2.05) is 6.92 Å². The van der Waals surface area contributed by atoms with Crippen LogP contribution in [0.5, 0.6) is 0 Å². The minimum Gasteiger partial charge on any atom is -0.389 e. The van der Waals surface area contributed by atoms with Gasteiger partial charge in [0.15, 0.2) is 0 Å². The maximum atomic E-state index is 11.8. The molecule has 0 spiro atoms. The standard InChI is InChI=1S/C15H30N2O2/c1-11(2)9-16-14(18)13(4)17-10-15(19)7-5-6-12(3)8-15/h11-13,17,19H,5-10H2,1-4H3,(H,16,18). The Morgan fingerprint density at radius 1 is 1.42 bits per heavy atom. The van der Waals surface area contributed by atoms with Crippen LogP contribution in [0.1, 0.15) is 53.4 Å². The Balaban J connectivity index is 2.32. The molecule has 1 amide bonds. The predicted octanol–water partition coefficient (Wildman–Crippen LogP) is 1.68. The molecule has 0 aliphatic heterocycles. The topological polar surface area (TPSA) is 61.4 Å². The lowest BCUT2D eigenvalue weighted by molar-refractivity contribution is -0.123. The van der Waals surface area contributed by atoms with Crippen molar-refractivity contribution in [1.29, 1.82) is 0 Å². The van der Waals surface area contributed by atoms with Gasteiger partial charge in [-0.25, -0.2) is 0 Å². The molecule has 0 aromatic carbocycles. The fourth-order valence-corrected chi connectivity index (χ4v) is 2.69. The van der Waals surface area contributed by atoms with Crippen molar-refractivity contribution in [3.8, 4) is 0 Å². The van der Waals surface area contributed by atoms with Crippen molar-refractivity contribution >= 4 is 5.91 Å². The first-order valence-corrected chi connectivity index (χ1v) is 7.56. The van der Waals surface area contributed by atoms with E-state index in [4.69, 9.17) is 0 Å². The van der Waals surface area contributed by atoms with E-state index in [2.05, 4.69) is 31.4 Å². The molecule has 0 aromatic heterocycles. The molecule has 3 unspecified atom stereocenters. The molecule has 1 aliphatic carbocycles. The molecule has 4 nitrogen and oxygen atoms in total. The lowest BCUT2D eigenvalue weighted by atomic mass is 9.79. The molecule has 112 valence electrons. The maximum Gasteiger partial charge on any atom is 0.236 e. The summed E-state index contributed by atoms with van der Waals surface area (Å²) in [6.07, 6.45) is 3.95. The van der Waals surface area contributed by atoms with Crippen molar-refractivity contribution in [2.45, 2.75) is 65.0 Å². The van der Waals surface area contributed by atoms with Crippen molar-refractivity contribution in [3.05, 3.63) is 0 Å². The van der Waals surface area contributed by atoms with E-state index in [1.54, 1.807) is 0 Å². The van der Waals surface area contributed by atoms with Gasteiger partial charge in [-0.05, 0) is 31.6 Å². The average Bonchev–Trinajstić information content (AvgIpc) is 2.32. The SMILES string of the molecule is CC(C)CNC(=O)C(C)NCC1(O)CCCC(C)C1. The zero-order valence-corrected chi connectivity index (χ0v) is 12.8. The minimum atomic E-state index is -0.635. The Bertz CT molecular complexity index is 294. The Morgan fingerprint density at radius 3 is 2.68 bits per heavy atom. The quantitative estimate of drug-likeness (QED) is 0.688. The van der Waals surface area contributed by atoms with Gasteiger partial charge in [0.2, 0.25) is 5.91 Å². The summed E-state index contributed by atoms with van der Waals surface area (Å²) in [5, 5.41) is 16.6. The summed E-state index contributed by atoms with van der Waals surface area (Å²) in [6.45, 7) is 9.39.